The topological polar surface area (TPSA) is 70.7 Å². The van der Waals surface area contributed by atoms with E-state index in [-0.39, 0.29) is 0 Å². The first kappa shape index (κ1) is 29.3. The number of terminal acetylenes is 2. The summed E-state index contributed by atoms with van der Waals surface area (Å²) in [6.45, 7) is 2.57. The first-order valence-electron chi connectivity index (χ1n) is 13.9. The summed E-state index contributed by atoms with van der Waals surface area (Å²) in [5.41, 5.74) is 5.11. The predicted molar refractivity (Wildman–Crippen MR) is 162 cm³/mol. The molecule has 40 heavy (non-hydrogen) atoms. The van der Waals surface area contributed by atoms with Crippen molar-refractivity contribution in [1.82, 2.24) is 9.80 Å². The van der Waals surface area contributed by atoms with Crippen LogP contribution in [0.15, 0.2) is 53.9 Å². The van der Waals surface area contributed by atoms with Gasteiger partial charge in [-0.15, -0.1) is 24.2 Å². The molecule has 0 amide bonds. The van der Waals surface area contributed by atoms with E-state index in [1.807, 2.05) is 34.4 Å². The normalized spacial score (nSPS) is 17.5. The highest BCUT2D eigenvalue weighted by Crippen LogP contribution is 2.29. The molecule has 0 spiro atoms. The predicted octanol–water partition coefficient (Wildman–Crippen LogP) is 5.20. The highest BCUT2D eigenvalue weighted by Gasteiger charge is 2.25. The van der Waals surface area contributed by atoms with Gasteiger partial charge < -0.3 is 10.2 Å². The Morgan fingerprint density at radius 3 is 1.90 bits per heavy atom. The van der Waals surface area contributed by atoms with Gasteiger partial charge in [-0.1, -0.05) is 30.0 Å². The molecule has 5 nitrogen and oxygen atoms in total. The van der Waals surface area contributed by atoms with E-state index in [2.05, 4.69) is 46.4 Å². The molecule has 0 bridgehead atoms. The maximum atomic E-state index is 9.70. The van der Waals surface area contributed by atoms with Crippen LogP contribution in [0.5, 0.6) is 11.5 Å². The molecule has 0 radical (unpaired) electrons. The lowest BCUT2D eigenvalue weighted by molar-refractivity contribution is 0.204. The van der Waals surface area contributed by atoms with Crippen LogP contribution in [-0.4, -0.2) is 58.3 Å². The molecular weight excluding hydrogens is 514 g/mol. The number of aryl methyl sites for hydroxylation is 2. The number of hydrogen-bond donors (Lipinski definition) is 2. The fourth-order valence-corrected chi connectivity index (χ4v) is 6.51. The lowest BCUT2D eigenvalue weighted by Gasteiger charge is -2.34. The van der Waals surface area contributed by atoms with Crippen LogP contribution in [0, 0.1) is 36.0 Å². The van der Waals surface area contributed by atoms with Crippen LogP contribution in [0.2, 0.25) is 0 Å². The number of nitriles is 1. The molecule has 2 unspecified atom stereocenters. The Kier molecular flexibility index (Phi) is 10.7. The smallest absolute Gasteiger partial charge is 0.115 e. The maximum Gasteiger partial charge on any atom is 0.115 e. The molecule has 0 fully saturated rings. The highest BCUT2D eigenvalue weighted by atomic mass is 32.1. The number of thiophene rings is 1. The summed E-state index contributed by atoms with van der Waals surface area (Å²) < 4.78 is 0. The van der Waals surface area contributed by atoms with Gasteiger partial charge in [-0.05, 0) is 103 Å². The molecule has 1 aromatic heterocycles. The molecular formula is C34H37N3O2S. The molecule has 6 heteroatoms. The van der Waals surface area contributed by atoms with E-state index in [4.69, 9.17) is 18.1 Å². The third-order valence-corrected chi connectivity index (χ3v) is 8.84. The summed E-state index contributed by atoms with van der Waals surface area (Å²) in [5.74, 6) is 6.09. The number of aromatic hydroxyl groups is 2. The average Bonchev–Trinajstić information content (AvgIpc) is 3.48. The molecule has 1 heterocycles. The molecule has 3 aromatic rings. The van der Waals surface area contributed by atoms with Gasteiger partial charge in [0.25, 0.3) is 0 Å². The van der Waals surface area contributed by atoms with Crippen LogP contribution in [0.25, 0.3) is 0 Å². The third kappa shape index (κ3) is 7.91. The van der Waals surface area contributed by atoms with Gasteiger partial charge in [0, 0.05) is 23.5 Å². The summed E-state index contributed by atoms with van der Waals surface area (Å²) in [5, 5.41) is 30.2. The van der Waals surface area contributed by atoms with Crippen LogP contribution in [-0.2, 0) is 32.1 Å². The van der Waals surface area contributed by atoms with E-state index >= 15 is 0 Å². The SMILES string of the molecule is C#CCN(CC#N)C1CCc2ccc(O)cc2C1.C#CCN(CCc1cccs1)C1CCc2ccc(O)cc2C1. The lowest BCUT2D eigenvalue weighted by Crippen LogP contribution is -2.40. The lowest BCUT2D eigenvalue weighted by atomic mass is 9.87. The van der Waals surface area contributed by atoms with Crippen LogP contribution in [0.1, 0.15) is 40.0 Å². The molecule has 0 saturated carbocycles. The average molecular weight is 552 g/mol. The Balaban J connectivity index is 0.000000189. The van der Waals surface area contributed by atoms with Crippen molar-refractivity contribution < 1.29 is 10.2 Å². The number of rotatable bonds is 8. The molecule has 2 aliphatic carbocycles. The number of phenolic OH excluding ortho intramolecular Hbond substituents is 2. The summed E-state index contributed by atoms with van der Waals surface area (Å²) >= 11 is 1.81. The Morgan fingerprint density at radius 1 is 0.800 bits per heavy atom. The van der Waals surface area contributed by atoms with E-state index in [0.29, 0.717) is 43.2 Å². The van der Waals surface area contributed by atoms with Gasteiger partial charge in [-0.25, -0.2) is 0 Å². The Labute approximate surface area is 242 Å². The van der Waals surface area contributed by atoms with E-state index in [1.54, 1.807) is 12.1 Å². The van der Waals surface area contributed by atoms with Crippen LogP contribution in [0.4, 0.5) is 0 Å². The van der Waals surface area contributed by atoms with Crippen molar-refractivity contribution in [2.24, 2.45) is 0 Å². The van der Waals surface area contributed by atoms with Crippen LogP contribution in [0.3, 0.4) is 0 Å². The molecule has 2 aromatic carbocycles. The molecule has 2 atom stereocenters. The highest BCUT2D eigenvalue weighted by molar-refractivity contribution is 7.09. The molecule has 2 aliphatic rings. The van der Waals surface area contributed by atoms with Crippen molar-refractivity contribution in [2.75, 3.05) is 26.2 Å². The number of nitrogens with zero attached hydrogens (tertiary/aromatic N) is 3. The second-order valence-electron chi connectivity index (χ2n) is 10.5. The van der Waals surface area contributed by atoms with E-state index < -0.39 is 0 Å². The zero-order chi connectivity index (χ0) is 28.3. The van der Waals surface area contributed by atoms with Gasteiger partial charge in [-0.2, -0.15) is 5.26 Å². The molecule has 206 valence electrons. The van der Waals surface area contributed by atoms with E-state index in [0.717, 1.165) is 51.5 Å². The Bertz CT molecular complexity index is 1360. The monoisotopic (exact) mass is 551 g/mol. The zero-order valence-corrected chi connectivity index (χ0v) is 23.7. The first-order valence-corrected chi connectivity index (χ1v) is 14.7. The van der Waals surface area contributed by atoms with Gasteiger partial charge in [0.05, 0.1) is 25.7 Å². The second-order valence-corrected chi connectivity index (χ2v) is 11.5. The van der Waals surface area contributed by atoms with Crippen molar-refractivity contribution in [2.45, 2.75) is 57.0 Å². The molecule has 2 N–H and O–H groups in total. The fraction of sp³-hybridized carbons (Fsp3) is 0.382. The minimum Gasteiger partial charge on any atom is -0.508 e. The third-order valence-electron chi connectivity index (χ3n) is 7.91. The van der Waals surface area contributed by atoms with Crippen molar-refractivity contribution in [1.29, 1.82) is 5.26 Å². The largest absolute Gasteiger partial charge is 0.508 e. The summed E-state index contributed by atoms with van der Waals surface area (Å²) in [4.78, 5) is 5.87. The number of hydrogen-bond acceptors (Lipinski definition) is 6. The summed E-state index contributed by atoms with van der Waals surface area (Å²) in [6, 6.07) is 18.5. The molecule has 0 aliphatic heterocycles. The van der Waals surface area contributed by atoms with Crippen molar-refractivity contribution in [3.8, 4) is 42.3 Å². The maximum absolute atomic E-state index is 9.70. The van der Waals surface area contributed by atoms with Gasteiger partial charge in [0.1, 0.15) is 11.5 Å². The zero-order valence-electron chi connectivity index (χ0n) is 22.9. The Morgan fingerprint density at radius 2 is 1.38 bits per heavy atom. The van der Waals surface area contributed by atoms with Gasteiger partial charge in [0.2, 0.25) is 0 Å². The summed E-state index contributed by atoms with van der Waals surface area (Å²) in [6.07, 6.45) is 18.0. The molecule has 5 rings (SSSR count). The fourth-order valence-electron chi connectivity index (χ4n) is 5.81. The van der Waals surface area contributed by atoms with E-state index in [9.17, 15) is 10.2 Å². The van der Waals surface area contributed by atoms with Crippen LogP contribution >= 0.6 is 11.3 Å². The van der Waals surface area contributed by atoms with Gasteiger partial charge in [-0.3, -0.25) is 9.80 Å². The van der Waals surface area contributed by atoms with Crippen molar-refractivity contribution in [3.63, 3.8) is 0 Å². The summed E-state index contributed by atoms with van der Waals surface area (Å²) in [7, 11) is 0. The molecule has 0 saturated heterocycles. The first-order chi connectivity index (χ1) is 19.5. The van der Waals surface area contributed by atoms with Crippen molar-refractivity contribution in [3.05, 3.63) is 81.0 Å². The standard InChI is InChI=1S/C19H21NOS.C15H16N2O/c1-2-10-20(11-9-19-4-3-12-22-19)17-7-5-15-6-8-18(21)14-16(15)13-17;1-2-8-17(9-7-16)14-5-3-12-4-6-15(18)11-13(12)10-14/h1,3-4,6,8,12,14,17,21H,5,7,9-11,13H2;1,4,6,11,14,18H,3,5,8-10H2. The second kappa shape index (κ2) is 14.6. The number of benzene rings is 2. The van der Waals surface area contributed by atoms with Gasteiger partial charge in [0.15, 0.2) is 0 Å². The van der Waals surface area contributed by atoms with Crippen molar-refractivity contribution >= 4 is 11.3 Å². The number of phenols is 2. The number of fused-ring (bicyclic) bond motifs is 2. The van der Waals surface area contributed by atoms with E-state index in [1.165, 1.54) is 27.1 Å². The Hall–Kier alpha value is -3.73. The van der Waals surface area contributed by atoms with Crippen LogP contribution < -0.4 is 0 Å². The quantitative estimate of drug-likeness (QED) is 0.298. The van der Waals surface area contributed by atoms with Gasteiger partial charge >= 0.3 is 0 Å². The minimum atomic E-state index is 0.301. The minimum absolute atomic E-state index is 0.301.